The van der Waals surface area contributed by atoms with Crippen LogP contribution in [0.5, 0.6) is 0 Å². The van der Waals surface area contributed by atoms with Gasteiger partial charge < -0.3 is 0 Å². The van der Waals surface area contributed by atoms with Gasteiger partial charge in [-0.3, -0.25) is 0 Å². The third kappa shape index (κ3) is 24.4. The molecule has 0 aliphatic heterocycles. The highest BCUT2D eigenvalue weighted by Gasteiger charge is 2.08. The number of hydrogen-bond acceptors (Lipinski definition) is 0. The summed E-state index contributed by atoms with van der Waals surface area (Å²) in [4.78, 5) is 0. The maximum Gasteiger partial charge on any atom is -0.0148 e. The van der Waals surface area contributed by atoms with Crippen LogP contribution in [-0.4, -0.2) is 0 Å². The van der Waals surface area contributed by atoms with Gasteiger partial charge in [0.2, 0.25) is 0 Å². The van der Waals surface area contributed by atoms with Gasteiger partial charge in [-0.05, 0) is 168 Å². The van der Waals surface area contributed by atoms with E-state index >= 15 is 0 Å². The summed E-state index contributed by atoms with van der Waals surface area (Å²) in [5.41, 5.74) is 14.1. The quantitative estimate of drug-likeness (QED) is 0.133. The highest BCUT2D eigenvalue weighted by molar-refractivity contribution is 6.02. The summed E-state index contributed by atoms with van der Waals surface area (Å²) >= 11 is 0. The molecular weight excluding hydrogens is 865 g/mol. The van der Waals surface area contributed by atoms with E-state index in [0.29, 0.717) is 0 Å². The molecule has 0 aliphatic carbocycles. The molecule has 9 aromatic rings. The van der Waals surface area contributed by atoms with Crippen molar-refractivity contribution in [3.63, 3.8) is 0 Å². The predicted octanol–water partition coefficient (Wildman–Crippen LogP) is 24.3. The number of rotatable bonds is 0. The highest BCUT2D eigenvalue weighted by Crippen LogP contribution is 2.28. The van der Waals surface area contributed by atoms with E-state index in [1.165, 1.54) is 98.7 Å². The zero-order valence-electron chi connectivity index (χ0n) is 51.2. The van der Waals surface area contributed by atoms with Crippen LogP contribution in [0.25, 0.3) is 43.1 Å². The van der Waals surface area contributed by atoms with Gasteiger partial charge in [-0.1, -0.05) is 280 Å². The first kappa shape index (κ1) is 72.6. The molecule has 72 heavy (non-hydrogen) atoms. The molecule has 9 aromatic carbocycles. The second-order valence-electron chi connectivity index (χ2n) is 14.9. The Morgan fingerprint density at radius 1 is 0.181 bits per heavy atom. The Labute approximate surface area is 446 Å². The van der Waals surface area contributed by atoms with Crippen molar-refractivity contribution in [3.05, 3.63) is 225 Å². The van der Waals surface area contributed by atoms with Crippen molar-refractivity contribution in [1.29, 1.82) is 0 Å². The molecule has 0 heteroatoms. The van der Waals surface area contributed by atoms with E-state index in [4.69, 9.17) is 0 Å². The molecule has 0 radical (unpaired) electrons. The van der Waals surface area contributed by atoms with E-state index in [1.54, 1.807) is 0 Å². The summed E-state index contributed by atoms with van der Waals surface area (Å²) in [5, 5.41) is 10.7. The van der Waals surface area contributed by atoms with E-state index in [9.17, 15) is 0 Å². The van der Waals surface area contributed by atoms with Crippen molar-refractivity contribution in [2.45, 2.75) is 180 Å². The zero-order valence-corrected chi connectivity index (χ0v) is 51.2. The Bertz CT molecular complexity index is 2430. The molecule has 0 atom stereocenters. The van der Waals surface area contributed by atoms with Crippen LogP contribution in [0.15, 0.2) is 170 Å². The van der Waals surface area contributed by atoms with E-state index in [1.807, 2.05) is 129 Å². The molecule has 394 valence electrons. The van der Waals surface area contributed by atoms with Crippen LogP contribution < -0.4 is 0 Å². The van der Waals surface area contributed by atoms with Crippen LogP contribution in [0.4, 0.5) is 0 Å². The first-order valence-corrected chi connectivity index (χ1v) is 27.8. The Morgan fingerprint density at radius 3 is 0.653 bits per heavy atom. The largest absolute Gasteiger partial charge is 0.0683 e. The van der Waals surface area contributed by atoms with Crippen molar-refractivity contribution in [3.8, 4) is 0 Å². The Kier molecular flexibility index (Phi) is 46.5. The van der Waals surface area contributed by atoms with Crippen LogP contribution in [0.2, 0.25) is 0 Å². The Balaban J connectivity index is -0.000000379. The molecule has 0 N–H and O–H groups in total. The standard InChI is InChI=1S/C15H12.C12H18.2C11H10.C7H8.8C2H6/c1-11-14-8-4-2-6-12(14)10-13-7-3-5-9-15(11)13;1-7-8(2)10(4)12(6)11(5)9(7)3;2*1-9-5-4-7-10-6-2-3-8-11(9)10;1-7-5-3-2-4-6-7;8*1-2/h2-10H,1H3;1-6H3;2*2-8H,1H3;2-6H,1H3;8*1-2H3. The lowest BCUT2D eigenvalue weighted by atomic mass is 9.90. The van der Waals surface area contributed by atoms with Crippen LogP contribution >= 0.6 is 0 Å². The van der Waals surface area contributed by atoms with Gasteiger partial charge in [0.15, 0.2) is 0 Å². The van der Waals surface area contributed by atoms with Crippen LogP contribution in [0.1, 0.15) is 166 Å². The third-order valence-corrected chi connectivity index (χ3v) is 11.4. The lowest BCUT2D eigenvalue weighted by molar-refractivity contribution is 1.13. The zero-order chi connectivity index (χ0) is 56.2. The molecule has 0 amide bonds. The number of benzene rings is 9. The fourth-order valence-electron chi connectivity index (χ4n) is 7.24. The van der Waals surface area contributed by atoms with Crippen molar-refractivity contribution >= 4 is 43.1 Å². The average molecular weight is 972 g/mol. The van der Waals surface area contributed by atoms with Crippen LogP contribution in [0, 0.1) is 69.2 Å². The molecular formula is C72H106. The minimum atomic E-state index is 1.32. The molecule has 0 saturated heterocycles. The fourth-order valence-corrected chi connectivity index (χ4v) is 7.24. The summed E-state index contributed by atoms with van der Waals surface area (Å²) in [5.74, 6) is 0. The molecule has 0 saturated carbocycles. The van der Waals surface area contributed by atoms with E-state index in [2.05, 4.69) is 221 Å². The molecule has 0 unspecified atom stereocenters. The highest BCUT2D eigenvalue weighted by atomic mass is 14.1. The van der Waals surface area contributed by atoms with Gasteiger partial charge in [-0.25, -0.2) is 0 Å². The smallest absolute Gasteiger partial charge is 0.0148 e. The summed E-state index contributed by atoms with van der Waals surface area (Å²) < 4.78 is 0. The average Bonchev–Trinajstić information content (AvgIpc) is 3.47. The third-order valence-electron chi connectivity index (χ3n) is 11.4. The van der Waals surface area contributed by atoms with Crippen molar-refractivity contribution in [1.82, 2.24) is 0 Å². The lowest BCUT2D eigenvalue weighted by Gasteiger charge is -2.15. The summed E-state index contributed by atoms with van der Waals surface area (Å²) in [6.45, 7) is 53.8. The fraction of sp³-hybridized carbons (Fsp3) is 0.361. The summed E-state index contributed by atoms with van der Waals surface area (Å²) in [6, 6.07) is 59.3. The van der Waals surface area contributed by atoms with Gasteiger partial charge in [0, 0.05) is 0 Å². The van der Waals surface area contributed by atoms with Gasteiger partial charge in [0.25, 0.3) is 0 Å². The SMILES string of the molecule is CC.CC.CC.CC.CC.CC.CC.CC.Cc1c(C)c(C)c(C)c(C)c1C.Cc1c2ccccc2cc2ccccc12.Cc1cccc2ccccc12.Cc1cccc2ccccc12.Cc1ccccc1. The normalized spacial score (nSPS) is 8.69. The molecule has 0 fully saturated rings. The minimum Gasteiger partial charge on any atom is -0.0683 e. The second kappa shape index (κ2) is 46.1. The molecule has 9 rings (SSSR count). The predicted molar refractivity (Wildman–Crippen MR) is 340 cm³/mol. The molecule has 0 aromatic heterocycles. The molecule has 0 spiro atoms. The monoisotopic (exact) mass is 971 g/mol. The molecule has 0 aliphatic rings. The number of hydrogen-bond donors (Lipinski definition) is 0. The number of fused-ring (bicyclic) bond motifs is 4. The number of aryl methyl sites for hydroxylation is 4. The molecule has 0 nitrogen and oxygen atoms in total. The summed E-state index contributed by atoms with van der Waals surface area (Å²) in [6.07, 6.45) is 0. The van der Waals surface area contributed by atoms with Crippen molar-refractivity contribution in [2.24, 2.45) is 0 Å². The van der Waals surface area contributed by atoms with Gasteiger partial charge >= 0.3 is 0 Å². The van der Waals surface area contributed by atoms with Gasteiger partial charge in [0.05, 0.1) is 0 Å². The second-order valence-corrected chi connectivity index (χ2v) is 14.9. The van der Waals surface area contributed by atoms with Crippen LogP contribution in [-0.2, 0) is 0 Å². The van der Waals surface area contributed by atoms with Crippen molar-refractivity contribution in [2.75, 3.05) is 0 Å². The molecule has 0 bridgehead atoms. The summed E-state index contributed by atoms with van der Waals surface area (Å²) in [7, 11) is 0. The first-order valence-electron chi connectivity index (χ1n) is 27.8. The molecule has 0 heterocycles. The van der Waals surface area contributed by atoms with E-state index in [0.717, 1.165) is 0 Å². The van der Waals surface area contributed by atoms with Gasteiger partial charge in [-0.2, -0.15) is 0 Å². The van der Waals surface area contributed by atoms with Gasteiger partial charge in [-0.15, -0.1) is 0 Å². The maximum atomic E-state index is 2.26. The topological polar surface area (TPSA) is 0 Å². The van der Waals surface area contributed by atoms with Gasteiger partial charge in [0.1, 0.15) is 0 Å². The van der Waals surface area contributed by atoms with E-state index in [-0.39, 0.29) is 0 Å². The van der Waals surface area contributed by atoms with Crippen molar-refractivity contribution < 1.29 is 0 Å². The van der Waals surface area contributed by atoms with Crippen LogP contribution in [0.3, 0.4) is 0 Å². The van der Waals surface area contributed by atoms with E-state index < -0.39 is 0 Å². The Morgan fingerprint density at radius 2 is 0.403 bits per heavy atom. The first-order chi connectivity index (χ1) is 35.0. The minimum absolute atomic E-state index is 1.32. The Hall–Kier alpha value is -5.98. The lowest BCUT2D eigenvalue weighted by Crippen LogP contribution is -1.98. The maximum absolute atomic E-state index is 2.26.